The molecule has 3 fully saturated rings. The van der Waals surface area contributed by atoms with E-state index < -0.39 is 17.1 Å². The third kappa shape index (κ3) is 3.18. The van der Waals surface area contributed by atoms with Gasteiger partial charge in [0.1, 0.15) is 11.9 Å². The summed E-state index contributed by atoms with van der Waals surface area (Å²) in [6.45, 7) is 9.55. The second kappa shape index (κ2) is 8.09. The third-order valence-electron chi connectivity index (χ3n) is 10.1. The minimum atomic E-state index is -1.02. The molecule has 32 heavy (non-hydrogen) atoms. The van der Waals surface area contributed by atoms with E-state index in [1.807, 2.05) is 13.8 Å². The Balaban J connectivity index is 1.78. The first-order valence-electron chi connectivity index (χ1n) is 12.3. The number of carbonyl (C=O) groups excluding carboxylic acids is 2. The Bertz CT molecular complexity index is 858. The van der Waals surface area contributed by atoms with Crippen molar-refractivity contribution in [2.45, 2.75) is 97.4 Å². The topological polar surface area (TPSA) is 72.8 Å². The van der Waals surface area contributed by atoms with Gasteiger partial charge in [0.25, 0.3) is 0 Å². The van der Waals surface area contributed by atoms with E-state index in [1.54, 1.807) is 27.0 Å². The van der Waals surface area contributed by atoms with Crippen molar-refractivity contribution in [3.05, 3.63) is 23.3 Å². The number of methoxy groups -OCH3 is 1. The maximum Gasteiger partial charge on any atom is 0.333 e. The fourth-order valence-corrected chi connectivity index (χ4v) is 7.91. The Hall–Kier alpha value is -1.46. The molecule has 0 bridgehead atoms. The molecule has 1 N–H and O–H groups in total. The normalized spacial score (nSPS) is 45.9. The van der Waals surface area contributed by atoms with E-state index in [4.69, 9.17) is 9.47 Å². The number of Topliss-reactive ketones (excluding diaryl/α,β-unsaturated/α-hetero) is 1. The Labute approximate surface area is 192 Å². The van der Waals surface area contributed by atoms with E-state index in [-0.39, 0.29) is 41.0 Å². The molecule has 4 aliphatic carbocycles. The molecular weight excluding hydrogens is 404 g/mol. The summed E-state index contributed by atoms with van der Waals surface area (Å²) < 4.78 is 11.8. The van der Waals surface area contributed by atoms with E-state index in [1.165, 1.54) is 5.57 Å². The van der Waals surface area contributed by atoms with Crippen molar-refractivity contribution in [2.24, 2.45) is 28.6 Å². The average Bonchev–Trinajstić information content (AvgIpc) is 3.05. The van der Waals surface area contributed by atoms with Crippen molar-refractivity contribution < 1.29 is 24.2 Å². The minimum absolute atomic E-state index is 0.0381. The largest absolute Gasteiger partial charge is 0.458 e. The van der Waals surface area contributed by atoms with Gasteiger partial charge in [-0.25, -0.2) is 4.79 Å². The summed E-state index contributed by atoms with van der Waals surface area (Å²) in [5, 5.41) is 12.4. The molecule has 2 unspecified atom stereocenters. The quantitative estimate of drug-likeness (QED) is 0.384. The van der Waals surface area contributed by atoms with E-state index in [0.717, 1.165) is 25.7 Å². The summed E-state index contributed by atoms with van der Waals surface area (Å²) in [5.74, 6) is -0.257. The highest BCUT2D eigenvalue weighted by atomic mass is 16.5. The molecule has 4 aliphatic rings. The van der Waals surface area contributed by atoms with Crippen molar-refractivity contribution in [1.29, 1.82) is 0 Å². The molecule has 0 radical (unpaired) electrons. The summed E-state index contributed by atoms with van der Waals surface area (Å²) in [7, 11) is 1.79. The lowest BCUT2D eigenvalue weighted by atomic mass is 9.45. The summed E-state index contributed by atoms with van der Waals surface area (Å²) in [4.78, 5) is 25.6. The molecule has 0 aliphatic heterocycles. The zero-order valence-corrected chi connectivity index (χ0v) is 20.6. The summed E-state index contributed by atoms with van der Waals surface area (Å²) in [6, 6.07) is 0. The zero-order chi connectivity index (χ0) is 23.5. The third-order valence-corrected chi connectivity index (χ3v) is 10.1. The zero-order valence-electron chi connectivity index (χ0n) is 20.6. The molecule has 5 heteroatoms. The second-order valence-electron chi connectivity index (χ2n) is 11.2. The van der Waals surface area contributed by atoms with Gasteiger partial charge in [-0.2, -0.15) is 0 Å². The smallest absolute Gasteiger partial charge is 0.333 e. The molecule has 178 valence electrons. The number of fused-ring (bicyclic) bond motifs is 5. The van der Waals surface area contributed by atoms with Crippen LogP contribution in [0.2, 0.25) is 0 Å². The Kier molecular flexibility index (Phi) is 5.99. The molecule has 0 heterocycles. The lowest BCUT2D eigenvalue weighted by molar-refractivity contribution is -0.232. The van der Waals surface area contributed by atoms with Gasteiger partial charge in [-0.3, -0.25) is 4.79 Å². The summed E-state index contributed by atoms with van der Waals surface area (Å²) in [5.41, 5.74) is 0.163. The number of hydrogen-bond acceptors (Lipinski definition) is 5. The number of carbonyl (C=O) groups is 2. The fraction of sp³-hybridized carbons (Fsp3) is 0.778. The molecule has 8 atom stereocenters. The molecule has 0 saturated heterocycles. The van der Waals surface area contributed by atoms with Gasteiger partial charge in [0.2, 0.25) is 0 Å². The van der Waals surface area contributed by atoms with Gasteiger partial charge in [0.05, 0.1) is 11.7 Å². The fourth-order valence-electron chi connectivity index (χ4n) is 7.91. The van der Waals surface area contributed by atoms with Gasteiger partial charge in [-0.15, -0.1) is 0 Å². The minimum Gasteiger partial charge on any atom is -0.458 e. The van der Waals surface area contributed by atoms with Crippen LogP contribution in [0, 0.1) is 28.6 Å². The van der Waals surface area contributed by atoms with Gasteiger partial charge >= 0.3 is 5.97 Å². The van der Waals surface area contributed by atoms with Crippen LogP contribution in [0.4, 0.5) is 0 Å². The van der Waals surface area contributed by atoms with Gasteiger partial charge < -0.3 is 14.6 Å². The Morgan fingerprint density at radius 2 is 1.88 bits per heavy atom. The lowest BCUT2D eigenvalue weighted by Gasteiger charge is -2.63. The maximum atomic E-state index is 12.9. The van der Waals surface area contributed by atoms with Crippen LogP contribution >= 0.6 is 0 Å². The van der Waals surface area contributed by atoms with Gasteiger partial charge in [0.15, 0.2) is 0 Å². The van der Waals surface area contributed by atoms with Crippen molar-refractivity contribution in [3.8, 4) is 0 Å². The van der Waals surface area contributed by atoms with E-state index in [2.05, 4.69) is 13.0 Å². The van der Waals surface area contributed by atoms with E-state index in [0.29, 0.717) is 24.8 Å². The molecular formula is C27H40O5. The van der Waals surface area contributed by atoms with Crippen molar-refractivity contribution in [2.75, 3.05) is 7.11 Å². The molecule has 4 rings (SSSR count). The van der Waals surface area contributed by atoms with Crippen LogP contribution in [0.5, 0.6) is 0 Å². The number of aliphatic hydroxyl groups is 1. The molecule has 0 spiro atoms. The van der Waals surface area contributed by atoms with Crippen LogP contribution < -0.4 is 0 Å². The number of ketones is 1. The van der Waals surface area contributed by atoms with E-state index in [9.17, 15) is 14.7 Å². The van der Waals surface area contributed by atoms with Gasteiger partial charge in [-0.1, -0.05) is 31.6 Å². The first kappa shape index (κ1) is 23.7. The van der Waals surface area contributed by atoms with Crippen molar-refractivity contribution in [3.63, 3.8) is 0 Å². The first-order chi connectivity index (χ1) is 15.0. The molecule has 5 nitrogen and oxygen atoms in total. The molecule has 0 aromatic heterocycles. The van der Waals surface area contributed by atoms with Crippen LogP contribution in [0.25, 0.3) is 0 Å². The van der Waals surface area contributed by atoms with Gasteiger partial charge in [-0.05, 0) is 83.0 Å². The predicted octanol–water partition coefficient (Wildman–Crippen LogP) is 4.77. The average molecular weight is 445 g/mol. The number of hydrogen-bond donors (Lipinski definition) is 1. The second-order valence-corrected chi connectivity index (χ2v) is 11.2. The Morgan fingerprint density at radius 3 is 2.50 bits per heavy atom. The maximum absolute atomic E-state index is 12.9. The van der Waals surface area contributed by atoms with Crippen LogP contribution in [-0.4, -0.2) is 41.8 Å². The number of esters is 1. The van der Waals surface area contributed by atoms with Crippen LogP contribution in [-0.2, 0) is 19.1 Å². The number of ether oxygens (including phenoxy) is 2. The van der Waals surface area contributed by atoms with Crippen LogP contribution in [0.1, 0.15) is 79.6 Å². The number of rotatable bonds is 4. The first-order valence-corrected chi connectivity index (χ1v) is 12.3. The SMILES string of the molecule is CC=C(C)C(=O)O[C@@H]1CC2C(CC=C3C[C@@H](OC)CC[C@@]32C)[C@@]2(O)CC[C@H](C(C)=O)[C@@]12C. The van der Waals surface area contributed by atoms with Crippen molar-refractivity contribution >= 4 is 11.8 Å². The summed E-state index contributed by atoms with van der Waals surface area (Å²) in [6.07, 6.45) is 9.58. The molecule has 0 amide bonds. The van der Waals surface area contributed by atoms with Crippen LogP contribution in [0.15, 0.2) is 23.3 Å². The highest BCUT2D eigenvalue weighted by molar-refractivity contribution is 5.88. The molecule has 3 saturated carbocycles. The number of allylic oxidation sites excluding steroid dienone is 2. The molecule has 0 aromatic carbocycles. The Morgan fingerprint density at radius 1 is 1.16 bits per heavy atom. The van der Waals surface area contributed by atoms with Crippen molar-refractivity contribution in [1.82, 2.24) is 0 Å². The molecule has 0 aromatic rings. The highest BCUT2D eigenvalue weighted by Gasteiger charge is 2.71. The van der Waals surface area contributed by atoms with E-state index >= 15 is 0 Å². The summed E-state index contributed by atoms with van der Waals surface area (Å²) >= 11 is 0. The standard InChI is InChI=1S/C27H40O5/c1-7-16(2)24(29)32-23-15-22-21(27(30)13-11-20(17(3)28)26(23,27)5)9-8-18-14-19(31-6)10-12-25(18,22)4/h7-8,19-23,30H,9-15H2,1-6H3/t19-,20+,21?,22?,23+,25-,26-,27-/m0/s1. The van der Waals surface area contributed by atoms with Gasteiger partial charge in [0, 0.05) is 24.0 Å². The lowest BCUT2D eigenvalue weighted by Crippen LogP contribution is -2.66. The monoisotopic (exact) mass is 444 g/mol. The van der Waals surface area contributed by atoms with Crippen LogP contribution in [0.3, 0.4) is 0 Å². The highest BCUT2D eigenvalue weighted by Crippen LogP contribution is 2.68. The predicted molar refractivity (Wildman–Crippen MR) is 123 cm³/mol.